The minimum absolute atomic E-state index is 0.192. The summed E-state index contributed by atoms with van der Waals surface area (Å²) in [5.74, 6) is 1.08. The zero-order valence-corrected chi connectivity index (χ0v) is 20.4. The molecule has 6 aromatic rings. The van der Waals surface area contributed by atoms with E-state index in [4.69, 9.17) is 14.7 Å². The van der Waals surface area contributed by atoms with Crippen molar-refractivity contribution >= 4 is 22.1 Å². The number of hydrogen-bond donors (Lipinski definition) is 3. The molecular weight excluding hydrogens is 481 g/mol. The van der Waals surface area contributed by atoms with Crippen molar-refractivity contribution in [1.82, 2.24) is 35.5 Å². The molecule has 7 rings (SSSR count). The first kappa shape index (κ1) is 22.6. The Hall–Kier alpha value is -4.63. The Morgan fingerprint density at radius 1 is 0.842 bits per heavy atom. The summed E-state index contributed by atoms with van der Waals surface area (Å²) >= 11 is 0. The number of fused-ring (bicyclic) bond motifs is 2. The molecule has 4 aromatic heterocycles. The van der Waals surface area contributed by atoms with Gasteiger partial charge in [-0.1, -0.05) is 24.3 Å². The van der Waals surface area contributed by atoms with Gasteiger partial charge in [-0.3, -0.25) is 10.1 Å². The Bertz CT molecular complexity index is 1750. The number of pyridine rings is 2. The van der Waals surface area contributed by atoms with Crippen molar-refractivity contribution in [2.75, 3.05) is 13.1 Å². The second kappa shape index (κ2) is 9.35. The van der Waals surface area contributed by atoms with Gasteiger partial charge >= 0.3 is 0 Å². The van der Waals surface area contributed by atoms with Gasteiger partial charge in [-0.05, 0) is 67.9 Å². The number of rotatable bonds is 5. The molecule has 38 heavy (non-hydrogen) atoms. The summed E-state index contributed by atoms with van der Waals surface area (Å²) in [6.07, 6.45) is 5.69. The van der Waals surface area contributed by atoms with Crippen LogP contribution in [0.3, 0.4) is 0 Å². The number of ether oxygens (including phenoxy) is 1. The third kappa shape index (κ3) is 4.16. The van der Waals surface area contributed by atoms with E-state index in [1.54, 1.807) is 24.5 Å². The van der Waals surface area contributed by atoms with Crippen molar-refractivity contribution in [3.05, 3.63) is 78.9 Å². The van der Waals surface area contributed by atoms with Crippen LogP contribution in [0.5, 0.6) is 5.75 Å². The molecule has 1 saturated heterocycles. The fourth-order valence-corrected chi connectivity index (χ4v) is 4.96. The van der Waals surface area contributed by atoms with Crippen LogP contribution in [0, 0.1) is 5.82 Å². The number of para-hydroxylation sites is 1. The van der Waals surface area contributed by atoms with E-state index >= 15 is 0 Å². The van der Waals surface area contributed by atoms with Crippen LogP contribution in [0.4, 0.5) is 4.39 Å². The van der Waals surface area contributed by atoms with Crippen molar-refractivity contribution in [1.29, 1.82) is 0 Å². The van der Waals surface area contributed by atoms with Crippen molar-refractivity contribution in [2.24, 2.45) is 0 Å². The fraction of sp³-hybridized carbons (Fsp3) is 0.172. The first-order valence-electron chi connectivity index (χ1n) is 12.6. The summed E-state index contributed by atoms with van der Waals surface area (Å²) in [5, 5.41) is 11.0. The van der Waals surface area contributed by atoms with E-state index in [-0.39, 0.29) is 11.9 Å². The van der Waals surface area contributed by atoms with Crippen molar-refractivity contribution in [3.63, 3.8) is 0 Å². The maximum Gasteiger partial charge on any atom is 0.161 e. The maximum atomic E-state index is 13.5. The van der Waals surface area contributed by atoms with Gasteiger partial charge in [-0.2, -0.15) is 5.10 Å². The summed E-state index contributed by atoms with van der Waals surface area (Å²) in [6, 6.07) is 18.2. The molecular formula is C29H24FN7O. The second-order valence-electron chi connectivity index (χ2n) is 9.44. The Balaban J connectivity index is 1.25. The minimum atomic E-state index is -0.271. The number of imidazole rings is 1. The van der Waals surface area contributed by atoms with Gasteiger partial charge in [0.15, 0.2) is 11.5 Å². The lowest BCUT2D eigenvalue weighted by atomic mass is 10.0. The highest BCUT2D eigenvalue weighted by molar-refractivity contribution is 5.96. The molecule has 188 valence electrons. The van der Waals surface area contributed by atoms with Crippen LogP contribution < -0.4 is 10.1 Å². The maximum absolute atomic E-state index is 13.5. The molecule has 3 N–H and O–H groups in total. The molecule has 0 unspecified atom stereocenters. The van der Waals surface area contributed by atoms with E-state index in [0.717, 1.165) is 70.6 Å². The van der Waals surface area contributed by atoms with Crippen molar-refractivity contribution in [3.8, 4) is 39.7 Å². The van der Waals surface area contributed by atoms with Crippen molar-refractivity contribution in [2.45, 2.75) is 18.9 Å². The molecule has 0 aliphatic carbocycles. The van der Waals surface area contributed by atoms with E-state index in [2.05, 4.69) is 25.5 Å². The molecule has 0 atom stereocenters. The Labute approximate surface area is 217 Å². The number of H-pyrrole nitrogens is 2. The highest BCUT2D eigenvalue weighted by Crippen LogP contribution is 2.32. The van der Waals surface area contributed by atoms with E-state index < -0.39 is 0 Å². The summed E-state index contributed by atoms with van der Waals surface area (Å²) in [4.78, 5) is 17.6. The molecule has 0 spiro atoms. The number of nitrogens with one attached hydrogen (secondary N) is 3. The number of aromatic amines is 2. The van der Waals surface area contributed by atoms with E-state index in [1.165, 1.54) is 12.1 Å². The Morgan fingerprint density at radius 3 is 2.58 bits per heavy atom. The van der Waals surface area contributed by atoms with Gasteiger partial charge in [0.25, 0.3) is 0 Å². The highest BCUT2D eigenvalue weighted by Gasteiger charge is 2.18. The van der Waals surface area contributed by atoms with Crippen molar-refractivity contribution < 1.29 is 9.13 Å². The third-order valence-corrected chi connectivity index (χ3v) is 6.90. The fourth-order valence-electron chi connectivity index (χ4n) is 4.96. The van der Waals surface area contributed by atoms with E-state index in [0.29, 0.717) is 17.0 Å². The van der Waals surface area contributed by atoms with Gasteiger partial charge in [0.05, 0.1) is 28.4 Å². The van der Waals surface area contributed by atoms with Gasteiger partial charge in [0, 0.05) is 17.3 Å². The average molecular weight is 506 g/mol. The standard InChI is InChI=1S/C29H24FN7O/c30-19-6-4-17(5-7-19)22-2-1-3-24-26(22)35-29(34-24)28-27-25(36-37-28)9-8-23(33-27)18-14-21(16-32-15-18)38-20-10-12-31-13-11-20/h1-9,14-16,20,31H,10-13H2,(H,34,35)(H,36,37). The molecule has 2 aromatic carbocycles. The highest BCUT2D eigenvalue weighted by atomic mass is 19.1. The lowest BCUT2D eigenvalue weighted by Crippen LogP contribution is -2.34. The van der Waals surface area contributed by atoms with Crippen LogP contribution in [0.2, 0.25) is 0 Å². The number of aromatic nitrogens is 6. The van der Waals surface area contributed by atoms with Gasteiger partial charge < -0.3 is 15.0 Å². The summed E-state index contributed by atoms with van der Waals surface area (Å²) in [6.45, 7) is 1.93. The molecule has 1 aliphatic heterocycles. The lowest BCUT2D eigenvalue weighted by molar-refractivity contribution is 0.162. The predicted molar refractivity (Wildman–Crippen MR) is 144 cm³/mol. The Kier molecular flexibility index (Phi) is 5.55. The quantitative estimate of drug-likeness (QED) is 0.286. The van der Waals surface area contributed by atoms with E-state index in [9.17, 15) is 4.39 Å². The normalized spacial score (nSPS) is 14.3. The molecule has 1 fully saturated rings. The van der Waals surface area contributed by atoms with Crippen LogP contribution in [-0.2, 0) is 0 Å². The largest absolute Gasteiger partial charge is 0.489 e. The monoisotopic (exact) mass is 505 g/mol. The smallest absolute Gasteiger partial charge is 0.161 e. The number of nitrogens with zero attached hydrogens (tertiary/aromatic N) is 4. The van der Waals surface area contributed by atoms with Crippen LogP contribution in [-0.4, -0.2) is 49.3 Å². The summed E-state index contributed by atoms with van der Waals surface area (Å²) in [7, 11) is 0. The molecule has 9 heteroatoms. The van der Waals surface area contributed by atoms with Crippen LogP contribution in [0.25, 0.3) is 56.0 Å². The minimum Gasteiger partial charge on any atom is -0.489 e. The lowest BCUT2D eigenvalue weighted by Gasteiger charge is -2.23. The number of halogens is 1. The van der Waals surface area contributed by atoms with Gasteiger partial charge in [-0.15, -0.1) is 0 Å². The molecule has 0 saturated carbocycles. The summed E-state index contributed by atoms with van der Waals surface area (Å²) < 4.78 is 19.7. The number of piperidine rings is 1. The summed E-state index contributed by atoms with van der Waals surface area (Å²) in [5.41, 5.74) is 7.22. The topological polar surface area (TPSA) is 104 Å². The van der Waals surface area contributed by atoms with Crippen LogP contribution >= 0.6 is 0 Å². The molecule has 0 amide bonds. The zero-order valence-electron chi connectivity index (χ0n) is 20.4. The molecule has 0 bridgehead atoms. The van der Waals surface area contributed by atoms with E-state index in [1.807, 2.05) is 36.4 Å². The SMILES string of the molecule is Fc1ccc(-c2cccc3[nH]c(-c4n[nH]c5ccc(-c6cncc(OC7CCNCC7)c6)nc45)nc23)cc1. The van der Waals surface area contributed by atoms with Gasteiger partial charge in [0.1, 0.15) is 23.2 Å². The van der Waals surface area contributed by atoms with Gasteiger partial charge in [0.2, 0.25) is 0 Å². The first-order valence-corrected chi connectivity index (χ1v) is 12.6. The zero-order chi connectivity index (χ0) is 25.5. The molecule has 0 radical (unpaired) electrons. The number of benzene rings is 2. The second-order valence-corrected chi connectivity index (χ2v) is 9.44. The third-order valence-electron chi connectivity index (χ3n) is 6.90. The van der Waals surface area contributed by atoms with Crippen LogP contribution in [0.15, 0.2) is 73.1 Å². The average Bonchev–Trinajstić information content (AvgIpc) is 3.58. The van der Waals surface area contributed by atoms with Gasteiger partial charge in [-0.25, -0.2) is 14.4 Å². The van der Waals surface area contributed by atoms with Crippen LogP contribution in [0.1, 0.15) is 12.8 Å². The molecule has 5 heterocycles. The molecule has 8 nitrogen and oxygen atoms in total. The predicted octanol–water partition coefficient (Wildman–Crippen LogP) is 5.50. The Morgan fingerprint density at radius 2 is 1.71 bits per heavy atom. The first-order chi connectivity index (χ1) is 18.7. The number of hydrogen-bond acceptors (Lipinski definition) is 6. The molecule has 1 aliphatic rings.